The molecule has 0 N–H and O–H groups in total. The SMILES string of the molecule is Cc1c(-c2ccccc2)ccc(=O)n1C. The van der Waals surface area contributed by atoms with E-state index >= 15 is 0 Å². The topological polar surface area (TPSA) is 22.0 Å². The molecule has 2 aromatic rings. The van der Waals surface area contributed by atoms with Gasteiger partial charge in [-0.2, -0.15) is 0 Å². The Morgan fingerprint density at radius 3 is 2.33 bits per heavy atom. The lowest BCUT2D eigenvalue weighted by molar-refractivity contribution is 0.821. The Morgan fingerprint density at radius 1 is 1.00 bits per heavy atom. The number of aromatic nitrogens is 1. The van der Waals surface area contributed by atoms with Gasteiger partial charge in [-0.3, -0.25) is 4.79 Å². The minimum Gasteiger partial charge on any atom is -0.315 e. The van der Waals surface area contributed by atoms with Crippen LogP contribution in [-0.2, 0) is 7.05 Å². The number of benzene rings is 1. The maximum atomic E-state index is 11.4. The molecule has 0 fully saturated rings. The lowest BCUT2D eigenvalue weighted by atomic mass is 10.0. The molecule has 0 saturated carbocycles. The molecular weight excluding hydrogens is 186 g/mol. The molecule has 0 radical (unpaired) electrons. The van der Waals surface area contributed by atoms with Gasteiger partial charge in [0.2, 0.25) is 5.56 Å². The fourth-order valence-electron chi connectivity index (χ4n) is 1.66. The van der Waals surface area contributed by atoms with Crippen LogP contribution in [0.4, 0.5) is 0 Å². The van der Waals surface area contributed by atoms with Crippen molar-refractivity contribution in [1.82, 2.24) is 4.57 Å². The van der Waals surface area contributed by atoms with Crippen molar-refractivity contribution in [1.29, 1.82) is 0 Å². The molecule has 0 saturated heterocycles. The molecule has 15 heavy (non-hydrogen) atoms. The predicted octanol–water partition coefficient (Wildman–Crippen LogP) is 2.36. The second-order valence-electron chi connectivity index (χ2n) is 3.60. The zero-order valence-electron chi connectivity index (χ0n) is 8.90. The average Bonchev–Trinajstić information content (AvgIpc) is 2.27. The van der Waals surface area contributed by atoms with Crippen molar-refractivity contribution in [2.24, 2.45) is 7.05 Å². The first-order valence-corrected chi connectivity index (χ1v) is 4.92. The van der Waals surface area contributed by atoms with Gasteiger partial charge in [0, 0.05) is 24.4 Å². The first-order valence-electron chi connectivity index (χ1n) is 4.92. The lowest BCUT2D eigenvalue weighted by Crippen LogP contribution is -2.17. The number of nitrogens with zero attached hydrogens (tertiary/aromatic N) is 1. The van der Waals surface area contributed by atoms with E-state index < -0.39 is 0 Å². The molecule has 0 bridgehead atoms. The Kier molecular flexibility index (Phi) is 2.42. The highest BCUT2D eigenvalue weighted by Gasteiger charge is 2.03. The highest BCUT2D eigenvalue weighted by Crippen LogP contribution is 2.20. The van der Waals surface area contributed by atoms with Crippen molar-refractivity contribution in [2.75, 3.05) is 0 Å². The Morgan fingerprint density at radius 2 is 1.67 bits per heavy atom. The van der Waals surface area contributed by atoms with E-state index in [2.05, 4.69) is 0 Å². The largest absolute Gasteiger partial charge is 0.315 e. The van der Waals surface area contributed by atoms with Gasteiger partial charge in [-0.25, -0.2) is 0 Å². The van der Waals surface area contributed by atoms with E-state index in [1.165, 1.54) is 0 Å². The predicted molar refractivity (Wildman–Crippen MR) is 61.9 cm³/mol. The smallest absolute Gasteiger partial charge is 0.250 e. The second-order valence-corrected chi connectivity index (χ2v) is 3.60. The summed E-state index contributed by atoms with van der Waals surface area (Å²) >= 11 is 0. The summed E-state index contributed by atoms with van der Waals surface area (Å²) < 4.78 is 1.67. The van der Waals surface area contributed by atoms with Crippen molar-refractivity contribution in [2.45, 2.75) is 6.92 Å². The quantitative estimate of drug-likeness (QED) is 0.691. The van der Waals surface area contributed by atoms with Gasteiger partial charge in [0.25, 0.3) is 0 Å². The van der Waals surface area contributed by atoms with Crippen LogP contribution in [0.25, 0.3) is 11.1 Å². The van der Waals surface area contributed by atoms with Crippen LogP contribution >= 0.6 is 0 Å². The fourth-order valence-corrected chi connectivity index (χ4v) is 1.66. The number of hydrogen-bond acceptors (Lipinski definition) is 1. The molecule has 0 aliphatic heterocycles. The van der Waals surface area contributed by atoms with Gasteiger partial charge >= 0.3 is 0 Å². The molecule has 1 aromatic heterocycles. The molecule has 2 heteroatoms. The van der Waals surface area contributed by atoms with E-state index in [0.29, 0.717) is 0 Å². The zero-order valence-corrected chi connectivity index (χ0v) is 8.90. The van der Waals surface area contributed by atoms with Gasteiger partial charge in [0.15, 0.2) is 0 Å². The van der Waals surface area contributed by atoms with Crippen LogP contribution in [0.1, 0.15) is 5.69 Å². The van der Waals surface area contributed by atoms with Crippen molar-refractivity contribution in [3.05, 3.63) is 58.5 Å². The molecular formula is C13H13NO. The standard InChI is InChI=1S/C13H13NO/c1-10-12(8-9-13(15)14(10)2)11-6-4-3-5-7-11/h3-9H,1-2H3. The van der Waals surface area contributed by atoms with Crippen LogP contribution in [0.15, 0.2) is 47.3 Å². The average molecular weight is 199 g/mol. The second kappa shape index (κ2) is 3.73. The van der Waals surface area contributed by atoms with Crippen LogP contribution in [0.5, 0.6) is 0 Å². The van der Waals surface area contributed by atoms with Gasteiger partial charge < -0.3 is 4.57 Å². The Bertz CT molecular complexity index is 526. The molecule has 0 spiro atoms. The molecule has 1 aromatic carbocycles. The number of hydrogen-bond donors (Lipinski definition) is 0. The van der Waals surface area contributed by atoms with E-state index in [1.807, 2.05) is 43.3 Å². The third-order valence-corrected chi connectivity index (χ3v) is 2.70. The van der Waals surface area contributed by atoms with Gasteiger partial charge in [-0.15, -0.1) is 0 Å². The van der Waals surface area contributed by atoms with Gasteiger partial charge in [-0.1, -0.05) is 30.3 Å². The molecule has 2 nitrogen and oxygen atoms in total. The van der Waals surface area contributed by atoms with Crippen LogP contribution in [-0.4, -0.2) is 4.57 Å². The summed E-state index contributed by atoms with van der Waals surface area (Å²) in [7, 11) is 1.80. The van der Waals surface area contributed by atoms with Crippen LogP contribution in [0, 0.1) is 6.92 Å². The molecule has 0 aliphatic rings. The van der Waals surface area contributed by atoms with Crippen LogP contribution < -0.4 is 5.56 Å². The van der Waals surface area contributed by atoms with E-state index in [9.17, 15) is 4.79 Å². The Balaban J connectivity index is 2.65. The van der Waals surface area contributed by atoms with Gasteiger partial charge in [0.05, 0.1) is 0 Å². The fraction of sp³-hybridized carbons (Fsp3) is 0.154. The normalized spacial score (nSPS) is 10.3. The highest BCUT2D eigenvalue weighted by molar-refractivity contribution is 5.65. The summed E-state index contributed by atoms with van der Waals surface area (Å²) in [6.45, 7) is 1.96. The maximum absolute atomic E-state index is 11.4. The summed E-state index contributed by atoms with van der Waals surface area (Å²) in [5.41, 5.74) is 3.28. The monoisotopic (exact) mass is 199 g/mol. The van der Waals surface area contributed by atoms with Crippen molar-refractivity contribution < 1.29 is 0 Å². The molecule has 0 aliphatic carbocycles. The maximum Gasteiger partial charge on any atom is 0.250 e. The lowest BCUT2D eigenvalue weighted by Gasteiger charge is -2.09. The number of rotatable bonds is 1. The van der Waals surface area contributed by atoms with Gasteiger partial charge in [-0.05, 0) is 18.6 Å². The van der Waals surface area contributed by atoms with E-state index in [1.54, 1.807) is 17.7 Å². The summed E-state index contributed by atoms with van der Waals surface area (Å²) in [4.78, 5) is 11.4. The summed E-state index contributed by atoms with van der Waals surface area (Å²) in [6.07, 6.45) is 0. The first-order chi connectivity index (χ1) is 7.20. The van der Waals surface area contributed by atoms with Crippen molar-refractivity contribution >= 4 is 0 Å². The third-order valence-electron chi connectivity index (χ3n) is 2.70. The van der Waals surface area contributed by atoms with E-state index in [-0.39, 0.29) is 5.56 Å². The number of pyridine rings is 1. The minimum absolute atomic E-state index is 0.0344. The third kappa shape index (κ3) is 1.71. The molecule has 0 atom stereocenters. The van der Waals surface area contributed by atoms with E-state index in [4.69, 9.17) is 0 Å². The Labute approximate surface area is 88.8 Å². The van der Waals surface area contributed by atoms with E-state index in [0.717, 1.165) is 16.8 Å². The van der Waals surface area contributed by atoms with Crippen molar-refractivity contribution in [3.8, 4) is 11.1 Å². The molecule has 1 heterocycles. The molecule has 2 rings (SSSR count). The highest BCUT2D eigenvalue weighted by atomic mass is 16.1. The molecule has 0 unspecified atom stereocenters. The minimum atomic E-state index is 0.0344. The summed E-state index contributed by atoms with van der Waals surface area (Å²) in [5, 5.41) is 0. The van der Waals surface area contributed by atoms with Crippen LogP contribution in [0.2, 0.25) is 0 Å². The van der Waals surface area contributed by atoms with Crippen molar-refractivity contribution in [3.63, 3.8) is 0 Å². The molecule has 0 amide bonds. The zero-order chi connectivity index (χ0) is 10.8. The summed E-state index contributed by atoms with van der Waals surface area (Å²) in [5.74, 6) is 0. The summed E-state index contributed by atoms with van der Waals surface area (Å²) in [6, 6.07) is 13.6. The Hall–Kier alpha value is -1.83. The molecule has 76 valence electrons. The van der Waals surface area contributed by atoms with Gasteiger partial charge in [0.1, 0.15) is 0 Å². The van der Waals surface area contributed by atoms with Crippen LogP contribution in [0.3, 0.4) is 0 Å². The first kappa shape index (κ1) is 9.71.